The lowest BCUT2D eigenvalue weighted by Crippen LogP contribution is -2.43. The molecule has 1 aliphatic heterocycles. The molecule has 0 radical (unpaired) electrons. The monoisotopic (exact) mass is 295 g/mol. The Morgan fingerprint density at radius 3 is 2.33 bits per heavy atom. The van der Waals surface area contributed by atoms with Crippen LogP contribution in [0.2, 0.25) is 0 Å². The summed E-state index contributed by atoms with van der Waals surface area (Å²) in [7, 11) is 2.79. The van der Waals surface area contributed by atoms with E-state index < -0.39 is 0 Å². The number of aryl methyl sites for hydroxylation is 1. The fourth-order valence-corrected chi connectivity index (χ4v) is 2.89. The van der Waals surface area contributed by atoms with Crippen LogP contribution in [-0.4, -0.2) is 59.9 Å². The van der Waals surface area contributed by atoms with Crippen LogP contribution in [0.4, 0.5) is 0 Å². The van der Waals surface area contributed by atoms with E-state index in [-0.39, 0.29) is 0 Å². The molecular weight excluding hydrogens is 266 g/mol. The number of aliphatic hydroxyl groups is 1. The number of piperidine rings is 1. The van der Waals surface area contributed by atoms with Crippen LogP contribution >= 0.6 is 0 Å². The highest BCUT2D eigenvalue weighted by molar-refractivity contribution is 5.12. The van der Waals surface area contributed by atoms with Gasteiger partial charge in [0.15, 0.2) is 0 Å². The second kappa shape index (κ2) is 9.82. The van der Waals surface area contributed by atoms with Gasteiger partial charge in [-0.2, -0.15) is 0 Å². The van der Waals surface area contributed by atoms with Gasteiger partial charge in [0.05, 0.1) is 6.61 Å². The largest absolute Gasteiger partial charge is 0.400 e. The van der Waals surface area contributed by atoms with Crippen molar-refractivity contribution in [1.82, 2.24) is 14.9 Å². The van der Waals surface area contributed by atoms with Gasteiger partial charge in [0, 0.05) is 32.7 Å². The lowest BCUT2D eigenvalue weighted by Gasteiger charge is -2.37. The van der Waals surface area contributed by atoms with Crippen LogP contribution in [0.15, 0.2) is 12.4 Å². The molecule has 0 unspecified atom stereocenters. The van der Waals surface area contributed by atoms with Crippen molar-refractivity contribution in [1.29, 1.82) is 0 Å². The summed E-state index contributed by atoms with van der Waals surface area (Å²) in [6.07, 6.45) is 7.55. The van der Waals surface area contributed by atoms with Gasteiger partial charge in [0.1, 0.15) is 5.82 Å². The van der Waals surface area contributed by atoms with Gasteiger partial charge in [-0.1, -0.05) is 6.92 Å². The molecule has 0 saturated carbocycles. The van der Waals surface area contributed by atoms with Gasteiger partial charge in [-0.25, -0.2) is 9.97 Å². The van der Waals surface area contributed by atoms with Crippen molar-refractivity contribution >= 4 is 0 Å². The minimum absolute atomic E-state index is 0.570. The fourth-order valence-electron chi connectivity index (χ4n) is 2.89. The Morgan fingerprint density at radius 2 is 1.86 bits per heavy atom. The predicted molar refractivity (Wildman–Crippen MR) is 84.4 cm³/mol. The smallest absolute Gasteiger partial charge is 0.125 e. The zero-order valence-corrected chi connectivity index (χ0v) is 13.7. The molecule has 0 bridgehead atoms. The first-order chi connectivity index (χ1) is 10.2. The number of hydrogen-bond acceptors (Lipinski definition) is 5. The summed E-state index contributed by atoms with van der Waals surface area (Å²) in [5.74, 6) is 1.48. The number of aromatic nitrogens is 2. The Hall–Kier alpha value is -1.04. The van der Waals surface area contributed by atoms with Gasteiger partial charge in [-0.05, 0) is 50.8 Å². The Kier molecular flexibility index (Phi) is 8.42. The Balaban J connectivity index is 0.00000106. The maximum absolute atomic E-state index is 7.00. The van der Waals surface area contributed by atoms with E-state index in [9.17, 15) is 0 Å². The third kappa shape index (κ3) is 5.34. The van der Waals surface area contributed by atoms with Crippen LogP contribution in [0.5, 0.6) is 0 Å². The van der Waals surface area contributed by atoms with Gasteiger partial charge in [-0.15, -0.1) is 0 Å². The number of ether oxygens (including phenoxy) is 1. The molecular formula is C16H29N3O2. The first-order valence-electron chi connectivity index (χ1n) is 7.70. The summed E-state index contributed by atoms with van der Waals surface area (Å²) >= 11 is 0. The summed E-state index contributed by atoms with van der Waals surface area (Å²) in [4.78, 5) is 11.2. The second-order valence-electron chi connectivity index (χ2n) is 5.39. The van der Waals surface area contributed by atoms with Crippen LogP contribution in [0, 0.1) is 6.92 Å². The van der Waals surface area contributed by atoms with Crippen molar-refractivity contribution in [2.45, 2.75) is 45.1 Å². The molecule has 21 heavy (non-hydrogen) atoms. The molecule has 1 aliphatic rings. The van der Waals surface area contributed by atoms with Crippen LogP contribution in [-0.2, 0) is 4.74 Å². The summed E-state index contributed by atoms with van der Waals surface area (Å²) in [6, 6.07) is 0.570. The molecule has 1 aromatic rings. The molecule has 1 atom stereocenters. The molecule has 0 amide bonds. The molecule has 2 rings (SSSR count). The molecule has 0 aromatic carbocycles. The fraction of sp³-hybridized carbons (Fsp3) is 0.750. The molecule has 1 saturated heterocycles. The number of hydrogen-bond donors (Lipinski definition) is 1. The Labute approximate surface area is 128 Å². The molecule has 5 heteroatoms. The van der Waals surface area contributed by atoms with Gasteiger partial charge < -0.3 is 9.84 Å². The minimum Gasteiger partial charge on any atom is -0.400 e. The molecule has 120 valence electrons. The van der Waals surface area contributed by atoms with Gasteiger partial charge in [-0.3, -0.25) is 4.90 Å². The maximum Gasteiger partial charge on any atom is 0.125 e. The standard InChI is InChI=1S/C15H25N3O.CH4O/c1-4-15(11-19-3)18-7-5-13(6-8-18)14-9-16-12(2)17-10-14;1-2/h9-10,13,15H,4-8,11H2,1-3H3;2H,1H3/t15-;/m0./s1. The first kappa shape index (κ1) is 18.0. The SMILES string of the molecule is CC[C@@H](COC)N1CCC(c2cnc(C)nc2)CC1.CO. The lowest BCUT2D eigenvalue weighted by atomic mass is 9.90. The zero-order chi connectivity index (χ0) is 15.7. The number of likely N-dealkylation sites (tertiary alicyclic amines) is 1. The summed E-state index contributed by atoms with van der Waals surface area (Å²) in [5, 5.41) is 7.00. The summed E-state index contributed by atoms with van der Waals surface area (Å²) in [6.45, 7) is 7.32. The van der Waals surface area contributed by atoms with Crippen molar-refractivity contribution < 1.29 is 9.84 Å². The molecule has 1 aromatic heterocycles. The van der Waals surface area contributed by atoms with Gasteiger partial charge in [0.2, 0.25) is 0 Å². The molecule has 5 nitrogen and oxygen atoms in total. The topological polar surface area (TPSA) is 58.5 Å². The average molecular weight is 295 g/mol. The zero-order valence-electron chi connectivity index (χ0n) is 13.7. The van der Waals surface area contributed by atoms with Crippen LogP contribution in [0.1, 0.15) is 43.5 Å². The molecule has 2 heterocycles. The van der Waals surface area contributed by atoms with Crippen molar-refractivity contribution in [3.63, 3.8) is 0 Å². The highest BCUT2D eigenvalue weighted by Gasteiger charge is 2.25. The highest BCUT2D eigenvalue weighted by atomic mass is 16.5. The van der Waals surface area contributed by atoms with Gasteiger partial charge in [0.25, 0.3) is 0 Å². The van der Waals surface area contributed by atoms with Crippen LogP contribution in [0.3, 0.4) is 0 Å². The van der Waals surface area contributed by atoms with E-state index in [1.54, 1.807) is 7.11 Å². The maximum atomic E-state index is 7.00. The normalized spacial score (nSPS) is 18.0. The number of methoxy groups -OCH3 is 1. The number of nitrogens with zero attached hydrogens (tertiary/aromatic N) is 3. The van der Waals surface area contributed by atoms with Crippen molar-refractivity contribution in [2.75, 3.05) is 33.9 Å². The average Bonchev–Trinajstić information content (AvgIpc) is 2.55. The van der Waals surface area contributed by atoms with E-state index >= 15 is 0 Å². The van der Waals surface area contributed by atoms with E-state index in [2.05, 4.69) is 21.8 Å². The number of rotatable bonds is 5. The Morgan fingerprint density at radius 1 is 1.29 bits per heavy atom. The third-order valence-electron chi connectivity index (χ3n) is 4.15. The van der Waals surface area contributed by atoms with E-state index in [0.717, 1.165) is 39.1 Å². The third-order valence-corrected chi connectivity index (χ3v) is 4.15. The van der Waals surface area contributed by atoms with Gasteiger partial charge >= 0.3 is 0 Å². The number of aliphatic hydroxyl groups excluding tert-OH is 1. The predicted octanol–water partition coefficient (Wildman–Crippen LogP) is 2.00. The molecule has 0 aliphatic carbocycles. The molecule has 0 spiro atoms. The molecule has 1 fully saturated rings. The Bertz CT molecular complexity index is 376. The van der Waals surface area contributed by atoms with Crippen LogP contribution < -0.4 is 0 Å². The highest BCUT2D eigenvalue weighted by Crippen LogP contribution is 2.28. The quantitative estimate of drug-likeness (QED) is 0.900. The summed E-state index contributed by atoms with van der Waals surface area (Å²) in [5.41, 5.74) is 1.30. The first-order valence-corrected chi connectivity index (χ1v) is 7.70. The second-order valence-corrected chi connectivity index (χ2v) is 5.39. The lowest BCUT2D eigenvalue weighted by molar-refractivity contribution is 0.0705. The molecule has 1 N–H and O–H groups in total. The van der Waals surface area contributed by atoms with Crippen molar-refractivity contribution in [3.05, 3.63) is 23.8 Å². The van der Waals surface area contributed by atoms with Crippen LogP contribution in [0.25, 0.3) is 0 Å². The van der Waals surface area contributed by atoms with Crippen molar-refractivity contribution in [3.8, 4) is 0 Å². The minimum atomic E-state index is 0.570. The van der Waals surface area contributed by atoms with E-state index in [0.29, 0.717) is 12.0 Å². The van der Waals surface area contributed by atoms with Crippen molar-refractivity contribution in [2.24, 2.45) is 0 Å². The van der Waals surface area contributed by atoms with E-state index in [4.69, 9.17) is 9.84 Å². The van der Waals surface area contributed by atoms with E-state index in [1.165, 1.54) is 18.4 Å². The summed E-state index contributed by atoms with van der Waals surface area (Å²) < 4.78 is 5.31. The van der Waals surface area contributed by atoms with E-state index in [1.807, 2.05) is 19.3 Å².